The fraction of sp³-hybridized carbons (Fsp3) is 0.143. The third kappa shape index (κ3) is 2.66. The molecular weight excluding hydrogens is 410 g/mol. The van der Waals surface area contributed by atoms with Gasteiger partial charge in [0.05, 0.1) is 22.2 Å². The van der Waals surface area contributed by atoms with Crippen molar-refractivity contribution in [2.45, 2.75) is 17.7 Å². The van der Waals surface area contributed by atoms with Gasteiger partial charge in [-0.15, -0.1) is 0 Å². The van der Waals surface area contributed by atoms with Gasteiger partial charge in [-0.2, -0.15) is 0 Å². The van der Waals surface area contributed by atoms with Gasteiger partial charge in [0, 0.05) is 45.0 Å². The van der Waals surface area contributed by atoms with Gasteiger partial charge in [0.1, 0.15) is 0 Å². The van der Waals surface area contributed by atoms with Crippen molar-refractivity contribution >= 4 is 55.6 Å². The van der Waals surface area contributed by atoms with Gasteiger partial charge in [-0.1, -0.05) is 60.7 Å². The van der Waals surface area contributed by atoms with Crippen LogP contribution in [0.4, 0.5) is 0 Å². The largest absolute Gasteiger partial charge is 0.353 e. The number of fused-ring (bicyclic) bond motifs is 7. The van der Waals surface area contributed by atoms with Gasteiger partial charge in [-0.05, 0) is 49.1 Å². The molecule has 1 aliphatic heterocycles. The normalized spacial score (nSPS) is 15.0. The summed E-state index contributed by atoms with van der Waals surface area (Å²) in [5.74, 6) is 0. The molecule has 0 saturated carbocycles. The number of rotatable bonds is 3. The smallest absolute Gasteiger partial charge is 0.0783 e. The summed E-state index contributed by atoms with van der Waals surface area (Å²) in [4.78, 5) is 5.06. The fourth-order valence-electron chi connectivity index (χ4n) is 5.26. The van der Waals surface area contributed by atoms with Crippen molar-refractivity contribution in [1.29, 1.82) is 0 Å². The summed E-state index contributed by atoms with van der Waals surface area (Å²) in [6.07, 6.45) is 2.58. The molecule has 0 bridgehead atoms. The average molecular weight is 434 g/mol. The maximum absolute atomic E-state index is 3.75. The monoisotopic (exact) mass is 433 g/mol. The minimum atomic E-state index is 1.17. The van der Waals surface area contributed by atoms with E-state index in [9.17, 15) is 0 Å². The van der Waals surface area contributed by atoms with Crippen molar-refractivity contribution in [3.63, 3.8) is 0 Å². The van der Waals surface area contributed by atoms with Crippen LogP contribution in [0.2, 0.25) is 0 Å². The minimum Gasteiger partial charge on any atom is -0.353 e. The van der Waals surface area contributed by atoms with Crippen molar-refractivity contribution in [3.05, 3.63) is 84.9 Å². The first-order valence-electron chi connectivity index (χ1n) is 11.3. The summed E-state index contributed by atoms with van der Waals surface area (Å²) in [7, 11) is 0. The van der Waals surface area contributed by atoms with Gasteiger partial charge in [-0.3, -0.25) is 0 Å². The van der Waals surface area contributed by atoms with Gasteiger partial charge in [0.15, 0.2) is 0 Å². The molecule has 0 unspecified atom stereocenters. The van der Waals surface area contributed by atoms with E-state index in [0.29, 0.717) is 0 Å². The molecule has 1 aliphatic rings. The highest BCUT2D eigenvalue weighted by Crippen LogP contribution is 2.41. The fourth-order valence-corrected chi connectivity index (χ4v) is 6.37. The van der Waals surface area contributed by atoms with E-state index in [1.54, 1.807) is 0 Å². The minimum absolute atomic E-state index is 1.17. The molecule has 7 rings (SSSR count). The second-order valence-electron chi connectivity index (χ2n) is 8.60. The van der Waals surface area contributed by atoms with Crippen LogP contribution in [-0.4, -0.2) is 26.9 Å². The van der Waals surface area contributed by atoms with E-state index in [4.69, 9.17) is 0 Å². The molecule has 0 amide bonds. The second-order valence-corrected chi connectivity index (χ2v) is 9.74. The molecular formula is C28H23N3S. The molecule has 6 aromatic rings. The molecule has 0 radical (unpaired) electrons. The Kier molecular flexibility index (Phi) is 4.11. The van der Waals surface area contributed by atoms with E-state index >= 15 is 0 Å². The van der Waals surface area contributed by atoms with Gasteiger partial charge in [0.2, 0.25) is 0 Å². The summed E-state index contributed by atoms with van der Waals surface area (Å²) in [5.41, 5.74) is 6.16. The summed E-state index contributed by atoms with van der Waals surface area (Å²) in [5, 5.41) is 5.15. The molecule has 0 aliphatic carbocycles. The van der Waals surface area contributed by atoms with Crippen molar-refractivity contribution in [2.24, 2.45) is 0 Å². The standard InChI is InChI=1S/C28H23N3S/c1-3-11-23-19(9-1)21-15-16-22-20-10-2-4-12-24(20)31(28(22)27(21)29-23)25-13-5-6-14-26(25)32-30-17-7-8-18-30/h1-6,9-16,29H,7-8,17-18H2. The lowest BCUT2D eigenvalue weighted by Gasteiger charge is -2.18. The Morgan fingerprint density at radius 3 is 2.28 bits per heavy atom. The Balaban J connectivity index is 1.60. The lowest BCUT2D eigenvalue weighted by Crippen LogP contribution is -2.09. The maximum atomic E-state index is 3.75. The topological polar surface area (TPSA) is 24.0 Å². The third-order valence-electron chi connectivity index (χ3n) is 6.71. The Morgan fingerprint density at radius 2 is 1.38 bits per heavy atom. The molecule has 3 heterocycles. The van der Waals surface area contributed by atoms with E-state index < -0.39 is 0 Å². The number of hydrogen-bond acceptors (Lipinski definition) is 2. The van der Waals surface area contributed by atoms with Crippen LogP contribution in [0, 0.1) is 0 Å². The predicted molar refractivity (Wildman–Crippen MR) is 137 cm³/mol. The van der Waals surface area contributed by atoms with E-state index in [1.807, 2.05) is 11.9 Å². The quantitative estimate of drug-likeness (QED) is 0.292. The second kappa shape index (κ2) is 7.16. The lowest BCUT2D eigenvalue weighted by atomic mass is 10.1. The Bertz CT molecular complexity index is 1620. The van der Waals surface area contributed by atoms with Crippen LogP contribution in [0.1, 0.15) is 12.8 Å². The van der Waals surface area contributed by atoms with Crippen molar-refractivity contribution in [3.8, 4) is 5.69 Å². The summed E-state index contributed by atoms with van der Waals surface area (Å²) in [6.45, 7) is 2.33. The number of benzene rings is 4. The third-order valence-corrected chi connectivity index (χ3v) is 7.88. The molecule has 1 saturated heterocycles. The van der Waals surface area contributed by atoms with Gasteiger partial charge in [0.25, 0.3) is 0 Å². The van der Waals surface area contributed by atoms with Crippen LogP contribution >= 0.6 is 11.9 Å². The lowest BCUT2D eigenvalue weighted by molar-refractivity contribution is 0.586. The number of nitrogens with zero attached hydrogens (tertiary/aromatic N) is 2. The predicted octanol–water partition coefficient (Wildman–Crippen LogP) is 7.52. The van der Waals surface area contributed by atoms with Crippen LogP contribution < -0.4 is 0 Å². The summed E-state index contributed by atoms with van der Waals surface area (Å²) >= 11 is 1.91. The SMILES string of the molecule is c1ccc(-n2c3ccccc3c3ccc4c5ccccc5[nH]c4c32)c(SN2CCCC2)c1. The van der Waals surface area contributed by atoms with Gasteiger partial charge < -0.3 is 9.55 Å². The molecule has 0 spiro atoms. The number of H-pyrrole nitrogens is 1. The number of nitrogens with one attached hydrogen (secondary N) is 1. The van der Waals surface area contributed by atoms with E-state index in [2.05, 4.69) is 98.8 Å². The van der Waals surface area contributed by atoms with Gasteiger partial charge in [-0.25, -0.2) is 4.31 Å². The van der Waals surface area contributed by atoms with E-state index in [1.165, 1.54) is 80.1 Å². The number of para-hydroxylation sites is 3. The molecule has 0 atom stereocenters. The number of aromatic amines is 1. The molecule has 4 heteroatoms. The van der Waals surface area contributed by atoms with Gasteiger partial charge >= 0.3 is 0 Å². The van der Waals surface area contributed by atoms with Crippen molar-refractivity contribution < 1.29 is 0 Å². The first kappa shape index (κ1) is 18.4. The first-order chi connectivity index (χ1) is 15.9. The highest BCUT2D eigenvalue weighted by molar-refractivity contribution is 7.97. The first-order valence-corrected chi connectivity index (χ1v) is 12.1. The number of aromatic nitrogens is 2. The van der Waals surface area contributed by atoms with Crippen molar-refractivity contribution in [1.82, 2.24) is 13.9 Å². The highest BCUT2D eigenvalue weighted by Gasteiger charge is 2.20. The Morgan fingerprint density at radius 1 is 0.656 bits per heavy atom. The van der Waals surface area contributed by atoms with Crippen LogP contribution in [0.15, 0.2) is 89.8 Å². The van der Waals surface area contributed by atoms with Crippen LogP contribution in [0.3, 0.4) is 0 Å². The zero-order valence-corrected chi connectivity index (χ0v) is 18.5. The van der Waals surface area contributed by atoms with E-state index in [0.717, 1.165) is 0 Å². The summed E-state index contributed by atoms with van der Waals surface area (Å²) in [6, 6.07) is 30.8. The maximum Gasteiger partial charge on any atom is 0.0783 e. The zero-order valence-electron chi connectivity index (χ0n) is 17.7. The molecule has 3 nitrogen and oxygen atoms in total. The van der Waals surface area contributed by atoms with Crippen LogP contribution in [0.25, 0.3) is 49.3 Å². The van der Waals surface area contributed by atoms with Crippen molar-refractivity contribution in [2.75, 3.05) is 13.1 Å². The molecule has 1 fully saturated rings. The molecule has 2 aromatic heterocycles. The van der Waals surface area contributed by atoms with Crippen LogP contribution in [-0.2, 0) is 0 Å². The summed E-state index contributed by atoms with van der Waals surface area (Å²) < 4.78 is 4.98. The molecule has 4 aromatic carbocycles. The molecule has 1 N–H and O–H groups in total. The number of hydrogen-bond donors (Lipinski definition) is 1. The Hall–Kier alpha value is -3.21. The average Bonchev–Trinajstić information content (AvgIpc) is 3.55. The zero-order chi connectivity index (χ0) is 21.1. The van der Waals surface area contributed by atoms with Crippen LogP contribution in [0.5, 0.6) is 0 Å². The molecule has 32 heavy (non-hydrogen) atoms. The molecule has 156 valence electrons. The highest BCUT2D eigenvalue weighted by atomic mass is 32.2. The van der Waals surface area contributed by atoms with E-state index in [-0.39, 0.29) is 0 Å². The Labute approximate surface area is 190 Å².